The Balaban J connectivity index is 2.74. The van der Waals surface area contributed by atoms with Crippen molar-refractivity contribution in [1.29, 1.82) is 0 Å². The molecule has 0 fully saturated rings. The third-order valence-electron chi connectivity index (χ3n) is 2.20. The normalized spacial score (nSPS) is 11.5. The van der Waals surface area contributed by atoms with E-state index in [1.165, 1.54) is 0 Å². The van der Waals surface area contributed by atoms with E-state index >= 15 is 0 Å². The molecule has 1 aromatic rings. The zero-order valence-electron chi connectivity index (χ0n) is 8.97. The number of alkyl halides is 3. The monoisotopic (exact) mass is 345 g/mol. The second-order valence-electron chi connectivity index (χ2n) is 3.55. The van der Waals surface area contributed by atoms with Gasteiger partial charge in [0.2, 0.25) is 0 Å². The second-order valence-corrected chi connectivity index (χ2v) is 5.19. The van der Waals surface area contributed by atoms with Gasteiger partial charge < -0.3 is 0 Å². The molecule has 0 unspecified atom stereocenters. The van der Waals surface area contributed by atoms with Gasteiger partial charge in [0.1, 0.15) is 0 Å². The first kappa shape index (κ1) is 15.2. The molecule has 96 valence electrons. The molecule has 1 aromatic carbocycles. The van der Waals surface area contributed by atoms with Crippen molar-refractivity contribution in [3.05, 3.63) is 33.8 Å². The molecular weight excluding hydrogens is 335 g/mol. The van der Waals surface area contributed by atoms with Crippen molar-refractivity contribution in [2.75, 3.05) is 18.4 Å². The average Bonchev–Trinajstić information content (AvgIpc) is 2.23. The zero-order valence-corrected chi connectivity index (χ0v) is 12.1. The molecule has 0 aromatic heterocycles. The summed E-state index contributed by atoms with van der Waals surface area (Å²) in [6, 6.07) is 5.06. The third kappa shape index (κ3) is 5.51. The Morgan fingerprint density at radius 3 is 2.59 bits per heavy atom. The topological polar surface area (TPSA) is 3.24 Å². The summed E-state index contributed by atoms with van der Waals surface area (Å²) in [7, 11) is 0. The molecule has 0 aliphatic rings. The van der Waals surface area contributed by atoms with Crippen molar-refractivity contribution in [3.63, 3.8) is 0 Å². The molecule has 0 heterocycles. The fraction of sp³-hybridized carbons (Fsp3) is 0.455. The molecule has 1 rings (SSSR count). The van der Waals surface area contributed by atoms with Gasteiger partial charge in [-0.1, -0.05) is 39.1 Å². The van der Waals surface area contributed by atoms with Crippen molar-refractivity contribution in [2.24, 2.45) is 0 Å². The Kier molecular flexibility index (Phi) is 6.70. The molecule has 17 heavy (non-hydrogen) atoms. The summed E-state index contributed by atoms with van der Waals surface area (Å²) in [6.45, 7) is 0.636. The van der Waals surface area contributed by atoms with Gasteiger partial charge in [0.25, 0.3) is 6.43 Å². The van der Waals surface area contributed by atoms with E-state index in [2.05, 4.69) is 15.9 Å². The number of nitrogens with zero attached hydrogens (tertiary/aromatic N) is 1. The van der Waals surface area contributed by atoms with Gasteiger partial charge in [0.05, 0.1) is 6.54 Å². The first-order valence-electron chi connectivity index (χ1n) is 5.03. The van der Waals surface area contributed by atoms with Gasteiger partial charge in [0, 0.05) is 28.5 Å². The number of hydrogen-bond donors (Lipinski definition) is 0. The highest BCUT2D eigenvalue weighted by atomic mass is 79.9. The first-order chi connectivity index (χ1) is 8.02. The summed E-state index contributed by atoms with van der Waals surface area (Å²) in [5, 5.41) is 1.74. The number of benzene rings is 1. The maximum absolute atomic E-state index is 12.4. The lowest BCUT2D eigenvalue weighted by molar-refractivity contribution is 0.0881. The lowest BCUT2D eigenvalue weighted by atomic mass is 10.2. The van der Waals surface area contributed by atoms with E-state index in [-0.39, 0.29) is 6.54 Å². The largest absolute Gasteiger partial charge is 0.293 e. The van der Waals surface area contributed by atoms with Crippen LogP contribution in [0.1, 0.15) is 5.56 Å². The van der Waals surface area contributed by atoms with E-state index < -0.39 is 6.43 Å². The Morgan fingerprint density at radius 1 is 1.29 bits per heavy atom. The molecule has 0 amide bonds. The fourth-order valence-electron chi connectivity index (χ4n) is 1.45. The molecule has 0 spiro atoms. The molecule has 0 aliphatic carbocycles. The Labute approximate surface area is 118 Å². The molecule has 0 radical (unpaired) electrons. The number of halogens is 5. The molecule has 6 heteroatoms. The predicted molar refractivity (Wildman–Crippen MR) is 71.5 cm³/mol. The quantitative estimate of drug-likeness (QED) is 0.687. The molecule has 0 N–H and O–H groups in total. The maximum atomic E-state index is 12.4. The highest BCUT2D eigenvalue weighted by molar-refractivity contribution is 9.09. The molecule has 0 saturated heterocycles. The SMILES string of the molecule is FC(F)CN(CCBr)Cc1cc(Cl)ccc1Cl. The van der Waals surface area contributed by atoms with Crippen LogP contribution >= 0.6 is 39.1 Å². The van der Waals surface area contributed by atoms with Gasteiger partial charge >= 0.3 is 0 Å². The summed E-state index contributed by atoms with van der Waals surface area (Å²) in [6.07, 6.45) is -2.35. The van der Waals surface area contributed by atoms with Crippen molar-refractivity contribution in [3.8, 4) is 0 Å². The zero-order chi connectivity index (χ0) is 12.8. The molecule has 1 nitrogen and oxygen atoms in total. The molecule has 0 bridgehead atoms. The van der Waals surface area contributed by atoms with Gasteiger partial charge in [-0.3, -0.25) is 4.90 Å². The highest BCUT2D eigenvalue weighted by Gasteiger charge is 2.13. The van der Waals surface area contributed by atoms with Crippen molar-refractivity contribution in [1.82, 2.24) is 4.90 Å². The Bertz CT molecular complexity index is 363. The van der Waals surface area contributed by atoms with E-state index in [0.717, 1.165) is 5.56 Å². The highest BCUT2D eigenvalue weighted by Crippen LogP contribution is 2.22. The van der Waals surface area contributed by atoms with Gasteiger partial charge in [-0.05, 0) is 23.8 Å². The Hall–Kier alpha value is 0.1000. The van der Waals surface area contributed by atoms with Crippen LogP contribution in [0.5, 0.6) is 0 Å². The van der Waals surface area contributed by atoms with Crippen molar-refractivity contribution in [2.45, 2.75) is 13.0 Å². The lowest BCUT2D eigenvalue weighted by Crippen LogP contribution is -2.30. The molecule has 0 saturated carbocycles. The summed E-state index contributed by atoms with van der Waals surface area (Å²) < 4.78 is 24.7. The smallest absolute Gasteiger partial charge is 0.251 e. The van der Waals surface area contributed by atoms with Crippen molar-refractivity contribution < 1.29 is 8.78 Å². The molecule has 0 atom stereocenters. The minimum absolute atomic E-state index is 0.269. The van der Waals surface area contributed by atoms with E-state index in [4.69, 9.17) is 23.2 Å². The van der Waals surface area contributed by atoms with E-state index in [1.54, 1.807) is 23.1 Å². The summed E-state index contributed by atoms with van der Waals surface area (Å²) >= 11 is 15.1. The van der Waals surface area contributed by atoms with Crippen LogP contribution in [-0.2, 0) is 6.54 Å². The second kappa shape index (κ2) is 7.52. The third-order valence-corrected chi connectivity index (χ3v) is 3.16. The number of rotatable bonds is 6. The molecule has 0 aliphatic heterocycles. The molecular formula is C11H12BrCl2F2N. The van der Waals surface area contributed by atoms with Crippen LogP contribution in [0.3, 0.4) is 0 Å². The summed E-state index contributed by atoms with van der Waals surface area (Å²) in [4.78, 5) is 1.64. The van der Waals surface area contributed by atoms with Gasteiger partial charge in [-0.15, -0.1) is 0 Å². The van der Waals surface area contributed by atoms with Crippen LogP contribution in [0.15, 0.2) is 18.2 Å². The minimum atomic E-state index is -2.35. The first-order valence-corrected chi connectivity index (χ1v) is 6.91. The summed E-state index contributed by atoms with van der Waals surface area (Å²) in [5.74, 6) is 0. The van der Waals surface area contributed by atoms with Gasteiger partial charge in [-0.25, -0.2) is 8.78 Å². The average molecular weight is 347 g/mol. The van der Waals surface area contributed by atoms with Crippen molar-refractivity contribution >= 4 is 39.1 Å². The van der Waals surface area contributed by atoms with Crippen LogP contribution in [0.2, 0.25) is 10.0 Å². The van der Waals surface area contributed by atoms with E-state index in [9.17, 15) is 8.78 Å². The van der Waals surface area contributed by atoms with E-state index in [1.807, 2.05) is 0 Å². The summed E-state index contributed by atoms with van der Waals surface area (Å²) in [5.41, 5.74) is 0.765. The Morgan fingerprint density at radius 2 is 2.00 bits per heavy atom. The minimum Gasteiger partial charge on any atom is -0.293 e. The lowest BCUT2D eigenvalue weighted by Gasteiger charge is -2.21. The van der Waals surface area contributed by atoms with Crippen LogP contribution in [0.4, 0.5) is 8.78 Å². The van der Waals surface area contributed by atoms with Crippen LogP contribution in [0.25, 0.3) is 0 Å². The van der Waals surface area contributed by atoms with Gasteiger partial charge in [0.15, 0.2) is 0 Å². The predicted octanol–water partition coefficient (Wildman–Crippen LogP) is 4.46. The maximum Gasteiger partial charge on any atom is 0.251 e. The van der Waals surface area contributed by atoms with Crippen LogP contribution in [0, 0.1) is 0 Å². The fourth-order valence-corrected chi connectivity index (χ4v) is 2.33. The number of hydrogen-bond acceptors (Lipinski definition) is 1. The standard InChI is InChI=1S/C11H12BrCl2F2N/c12-3-4-17(7-11(15)16)6-8-5-9(13)1-2-10(8)14/h1-2,5,11H,3-4,6-7H2. The van der Waals surface area contributed by atoms with Crippen LogP contribution < -0.4 is 0 Å². The van der Waals surface area contributed by atoms with E-state index in [0.29, 0.717) is 28.5 Å². The van der Waals surface area contributed by atoms with Gasteiger partial charge in [-0.2, -0.15) is 0 Å². The van der Waals surface area contributed by atoms with Crippen LogP contribution in [-0.4, -0.2) is 29.7 Å².